The fourth-order valence-electron chi connectivity index (χ4n) is 2.08. The molecule has 1 aliphatic carbocycles. The van der Waals surface area contributed by atoms with Gasteiger partial charge in [0.25, 0.3) is 0 Å². The number of nitrogens with one attached hydrogen (secondary N) is 1. The summed E-state index contributed by atoms with van der Waals surface area (Å²) in [5.41, 5.74) is -0.504. The lowest BCUT2D eigenvalue weighted by atomic mass is 10.0. The molecule has 2 rings (SSSR count). The van der Waals surface area contributed by atoms with E-state index in [0.717, 1.165) is 31.4 Å². The minimum Gasteiger partial charge on any atom is -0.448 e. The van der Waals surface area contributed by atoms with Crippen LogP contribution in [0.1, 0.15) is 31.4 Å². The van der Waals surface area contributed by atoms with Crippen LogP contribution >= 0.6 is 11.6 Å². The van der Waals surface area contributed by atoms with Crippen molar-refractivity contribution in [3.63, 3.8) is 0 Å². The van der Waals surface area contributed by atoms with Crippen LogP contribution in [0.2, 0.25) is 5.22 Å². The summed E-state index contributed by atoms with van der Waals surface area (Å²) >= 11 is 5.65. The van der Waals surface area contributed by atoms with Gasteiger partial charge < -0.3 is 14.8 Å². The molecule has 3 nitrogen and oxygen atoms in total. The number of rotatable bonds is 4. The standard InChI is InChI=1S/C11H16ClNO2/c12-10-4-3-9(15-10)7-13-8-11(14)5-1-2-6-11/h3-4,13-14H,1-2,5-8H2. The summed E-state index contributed by atoms with van der Waals surface area (Å²) in [5.74, 6) is 0.807. The van der Waals surface area contributed by atoms with Gasteiger partial charge in [-0.25, -0.2) is 0 Å². The van der Waals surface area contributed by atoms with Gasteiger partial charge in [0.2, 0.25) is 0 Å². The zero-order chi connectivity index (χ0) is 10.7. The van der Waals surface area contributed by atoms with Crippen LogP contribution in [0.3, 0.4) is 0 Å². The first-order valence-corrected chi connectivity index (χ1v) is 5.73. The molecule has 0 saturated heterocycles. The molecule has 1 aromatic rings. The van der Waals surface area contributed by atoms with Crippen molar-refractivity contribution in [3.05, 3.63) is 23.1 Å². The van der Waals surface area contributed by atoms with Crippen molar-refractivity contribution in [2.45, 2.75) is 37.8 Å². The fourth-order valence-corrected chi connectivity index (χ4v) is 2.24. The molecule has 0 bridgehead atoms. The van der Waals surface area contributed by atoms with Crippen LogP contribution in [-0.2, 0) is 6.54 Å². The molecule has 2 N–H and O–H groups in total. The molecule has 4 heteroatoms. The first-order valence-electron chi connectivity index (χ1n) is 5.35. The van der Waals surface area contributed by atoms with E-state index in [1.165, 1.54) is 0 Å². The SMILES string of the molecule is OC1(CNCc2ccc(Cl)o2)CCCC1. The maximum Gasteiger partial charge on any atom is 0.193 e. The Kier molecular flexibility index (Phi) is 3.34. The van der Waals surface area contributed by atoms with E-state index in [0.29, 0.717) is 18.3 Å². The van der Waals surface area contributed by atoms with E-state index in [2.05, 4.69) is 5.32 Å². The van der Waals surface area contributed by atoms with Gasteiger partial charge in [-0.3, -0.25) is 0 Å². The van der Waals surface area contributed by atoms with Crippen molar-refractivity contribution in [3.8, 4) is 0 Å². The molecule has 0 amide bonds. The van der Waals surface area contributed by atoms with E-state index < -0.39 is 5.60 Å². The average molecular weight is 230 g/mol. The summed E-state index contributed by atoms with van der Waals surface area (Å²) in [6, 6.07) is 3.57. The molecule has 1 aromatic heterocycles. The number of hydrogen-bond acceptors (Lipinski definition) is 3. The summed E-state index contributed by atoms with van der Waals surface area (Å²) in [6.07, 6.45) is 4.06. The summed E-state index contributed by atoms with van der Waals surface area (Å²) in [4.78, 5) is 0. The Labute approximate surface area is 94.4 Å². The zero-order valence-corrected chi connectivity index (χ0v) is 9.39. The highest BCUT2D eigenvalue weighted by Crippen LogP contribution is 2.28. The van der Waals surface area contributed by atoms with Crippen molar-refractivity contribution in [1.29, 1.82) is 0 Å². The molecule has 1 aliphatic rings. The molecule has 0 radical (unpaired) electrons. The maximum atomic E-state index is 10.1. The Bertz CT molecular complexity index is 318. The lowest BCUT2D eigenvalue weighted by Crippen LogP contribution is -2.37. The van der Waals surface area contributed by atoms with E-state index in [-0.39, 0.29) is 0 Å². The second-order valence-electron chi connectivity index (χ2n) is 4.24. The Hall–Kier alpha value is -0.510. The van der Waals surface area contributed by atoms with Gasteiger partial charge in [-0.05, 0) is 36.6 Å². The molecule has 84 valence electrons. The first-order chi connectivity index (χ1) is 7.18. The molecule has 1 heterocycles. The third kappa shape index (κ3) is 2.97. The van der Waals surface area contributed by atoms with Gasteiger partial charge in [0.1, 0.15) is 5.76 Å². The van der Waals surface area contributed by atoms with Gasteiger partial charge in [0.15, 0.2) is 5.22 Å². The predicted molar refractivity (Wildman–Crippen MR) is 58.8 cm³/mol. The second kappa shape index (κ2) is 4.56. The first kappa shape index (κ1) is 11.0. The van der Waals surface area contributed by atoms with Crippen LogP contribution in [0.5, 0.6) is 0 Å². The average Bonchev–Trinajstić information content (AvgIpc) is 2.76. The van der Waals surface area contributed by atoms with Crippen LogP contribution in [0.25, 0.3) is 0 Å². The lowest BCUT2D eigenvalue weighted by molar-refractivity contribution is 0.0471. The van der Waals surface area contributed by atoms with E-state index in [1.807, 2.05) is 6.07 Å². The molecule has 1 saturated carbocycles. The van der Waals surface area contributed by atoms with E-state index in [4.69, 9.17) is 16.0 Å². The normalized spacial score (nSPS) is 19.6. The number of hydrogen-bond donors (Lipinski definition) is 2. The van der Waals surface area contributed by atoms with Crippen molar-refractivity contribution in [2.24, 2.45) is 0 Å². The largest absolute Gasteiger partial charge is 0.448 e. The third-order valence-electron chi connectivity index (χ3n) is 2.92. The number of furan rings is 1. The Morgan fingerprint density at radius 3 is 2.73 bits per heavy atom. The highest BCUT2D eigenvalue weighted by atomic mass is 35.5. The topological polar surface area (TPSA) is 45.4 Å². The quantitative estimate of drug-likeness (QED) is 0.833. The Morgan fingerprint density at radius 2 is 2.13 bits per heavy atom. The van der Waals surface area contributed by atoms with Crippen LogP contribution in [0.4, 0.5) is 0 Å². The Balaban J connectivity index is 1.75. The Morgan fingerprint density at radius 1 is 1.40 bits per heavy atom. The van der Waals surface area contributed by atoms with E-state index >= 15 is 0 Å². The summed E-state index contributed by atoms with van der Waals surface area (Å²) in [7, 11) is 0. The second-order valence-corrected chi connectivity index (χ2v) is 4.61. The summed E-state index contributed by atoms with van der Waals surface area (Å²) < 4.78 is 5.20. The molecule has 0 spiro atoms. The zero-order valence-electron chi connectivity index (χ0n) is 8.63. The molecule has 1 fully saturated rings. The van der Waals surface area contributed by atoms with Crippen LogP contribution < -0.4 is 5.32 Å². The molecular weight excluding hydrogens is 214 g/mol. The number of halogens is 1. The van der Waals surface area contributed by atoms with E-state index in [1.54, 1.807) is 6.07 Å². The smallest absolute Gasteiger partial charge is 0.193 e. The predicted octanol–water partition coefficient (Wildman–Crippen LogP) is 2.33. The molecule has 0 aliphatic heterocycles. The molecule has 15 heavy (non-hydrogen) atoms. The highest BCUT2D eigenvalue weighted by molar-refractivity contribution is 6.28. The molecule has 0 unspecified atom stereocenters. The summed E-state index contributed by atoms with van der Waals surface area (Å²) in [5, 5.41) is 13.7. The molecule has 0 atom stereocenters. The maximum absolute atomic E-state index is 10.1. The third-order valence-corrected chi connectivity index (χ3v) is 3.12. The minimum absolute atomic E-state index is 0.409. The van der Waals surface area contributed by atoms with Crippen molar-refractivity contribution in [2.75, 3.05) is 6.54 Å². The van der Waals surface area contributed by atoms with E-state index in [9.17, 15) is 5.11 Å². The van der Waals surface area contributed by atoms with Crippen LogP contribution in [0, 0.1) is 0 Å². The fraction of sp³-hybridized carbons (Fsp3) is 0.636. The molecular formula is C11H16ClNO2. The van der Waals surface area contributed by atoms with Gasteiger partial charge in [0, 0.05) is 6.54 Å². The van der Waals surface area contributed by atoms with Gasteiger partial charge >= 0.3 is 0 Å². The molecule has 0 aromatic carbocycles. The lowest BCUT2D eigenvalue weighted by Gasteiger charge is -2.21. The van der Waals surface area contributed by atoms with Crippen molar-refractivity contribution in [1.82, 2.24) is 5.32 Å². The van der Waals surface area contributed by atoms with Gasteiger partial charge in [-0.15, -0.1) is 0 Å². The minimum atomic E-state index is -0.504. The van der Waals surface area contributed by atoms with Crippen molar-refractivity contribution >= 4 is 11.6 Å². The number of aliphatic hydroxyl groups is 1. The summed E-state index contributed by atoms with van der Waals surface area (Å²) in [6.45, 7) is 1.25. The van der Waals surface area contributed by atoms with Crippen LogP contribution in [0.15, 0.2) is 16.5 Å². The van der Waals surface area contributed by atoms with Crippen LogP contribution in [-0.4, -0.2) is 17.3 Å². The van der Waals surface area contributed by atoms with Gasteiger partial charge in [-0.2, -0.15) is 0 Å². The monoisotopic (exact) mass is 229 g/mol. The van der Waals surface area contributed by atoms with Crippen molar-refractivity contribution < 1.29 is 9.52 Å². The highest BCUT2D eigenvalue weighted by Gasteiger charge is 2.30. The van der Waals surface area contributed by atoms with Gasteiger partial charge in [0.05, 0.1) is 12.1 Å². The van der Waals surface area contributed by atoms with Gasteiger partial charge in [-0.1, -0.05) is 12.8 Å².